The van der Waals surface area contributed by atoms with Gasteiger partial charge < -0.3 is 15.2 Å². The summed E-state index contributed by atoms with van der Waals surface area (Å²) >= 11 is 0. The number of hydrogen-bond donors (Lipinski definition) is 2. The molecule has 0 heterocycles. The molecule has 2 N–H and O–H groups in total. The Morgan fingerprint density at radius 1 is 1.19 bits per heavy atom. The minimum atomic E-state index is -5.16. The molecule has 0 aliphatic rings. The highest BCUT2D eigenvalue weighted by Gasteiger charge is 2.41. The summed E-state index contributed by atoms with van der Waals surface area (Å²) in [7, 11) is 0. The van der Waals surface area contributed by atoms with Gasteiger partial charge in [-0.05, 0) is 11.8 Å². The molecule has 0 bridgehead atoms. The molecule has 0 aromatic heterocycles. The lowest BCUT2D eigenvalue weighted by Gasteiger charge is -2.22. The lowest BCUT2D eigenvalue weighted by molar-refractivity contribution is -0.176. The fourth-order valence-electron chi connectivity index (χ4n) is 1.15. The van der Waals surface area contributed by atoms with Crippen LogP contribution in [0.15, 0.2) is 0 Å². The average molecular weight is 313 g/mol. The first-order valence-electron chi connectivity index (χ1n) is 6.09. The van der Waals surface area contributed by atoms with Gasteiger partial charge in [-0.3, -0.25) is 9.59 Å². The summed E-state index contributed by atoms with van der Waals surface area (Å²) in [6.07, 6.45) is -6.22. The second-order valence-electron chi connectivity index (χ2n) is 5.62. The van der Waals surface area contributed by atoms with Crippen molar-refractivity contribution in [1.29, 1.82) is 0 Å². The normalized spacial score (nSPS) is 13.4. The molecule has 0 unspecified atom stereocenters. The van der Waals surface area contributed by atoms with Gasteiger partial charge in [0.1, 0.15) is 6.04 Å². The molecule has 0 aliphatic heterocycles. The first-order valence-corrected chi connectivity index (χ1v) is 6.09. The Morgan fingerprint density at radius 3 is 2.10 bits per heavy atom. The molecule has 1 atom stereocenters. The third-order valence-corrected chi connectivity index (χ3v) is 2.14. The second kappa shape index (κ2) is 7.28. The van der Waals surface area contributed by atoms with Crippen LogP contribution >= 0.6 is 0 Å². The van der Waals surface area contributed by atoms with Gasteiger partial charge in [0.25, 0.3) is 0 Å². The number of alkyl halides is 3. The van der Waals surface area contributed by atoms with Crippen molar-refractivity contribution >= 4 is 17.8 Å². The van der Waals surface area contributed by atoms with Crippen LogP contribution in [0.1, 0.15) is 33.6 Å². The first kappa shape index (κ1) is 19.2. The van der Waals surface area contributed by atoms with E-state index in [-0.39, 0.29) is 6.61 Å². The van der Waals surface area contributed by atoms with Crippen LogP contribution in [0.25, 0.3) is 0 Å². The van der Waals surface area contributed by atoms with Crippen molar-refractivity contribution in [1.82, 2.24) is 5.32 Å². The number of carbonyl (C=O) groups is 3. The van der Waals surface area contributed by atoms with Crippen LogP contribution in [-0.2, 0) is 19.1 Å². The van der Waals surface area contributed by atoms with Gasteiger partial charge in [-0.25, -0.2) is 4.79 Å². The first-order chi connectivity index (χ1) is 9.33. The largest absolute Gasteiger partial charge is 0.481 e. The summed E-state index contributed by atoms with van der Waals surface area (Å²) < 4.78 is 41.3. The molecule has 1 amide bonds. The average Bonchev–Trinajstić information content (AvgIpc) is 2.28. The maximum atomic E-state index is 12.2. The fourth-order valence-corrected chi connectivity index (χ4v) is 1.15. The van der Waals surface area contributed by atoms with E-state index >= 15 is 0 Å². The molecule has 0 radical (unpaired) electrons. The van der Waals surface area contributed by atoms with E-state index in [9.17, 15) is 27.6 Å². The van der Waals surface area contributed by atoms with Crippen molar-refractivity contribution in [2.24, 2.45) is 5.41 Å². The lowest BCUT2D eigenvalue weighted by atomic mass is 9.98. The van der Waals surface area contributed by atoms with Gasteiger partial charge in [-0.2, -0.15) is 13.2 Å². The van der Waals surface area contributed by atoms with Crippen molar-refractivity contribution in [3.05, 3.63) is 0 Å². The molecule has 0 fully saturated rings. The Morgan fingerprint density at radius 2 is 1.71 bits per heavy atom. The predicted molar refractivity (Wildman–Crippen MR) is 65.3 cm³/mol. The molecule has 0 saturated heterocycles. The number of nitrogens with one attached hydrogen (secondary N) is 1. The summed E-state index contributed by atoms with van der Waals surface area (Å²) in [6.45, 7) is 5.14. The number of carboxylic acid groups (broad SMARTS) is 1. The second-order valence-corrected chi connectivity index (χ2v) is 5.62. The van der Waals surface area contributed by atoms with Crippen molar-refractivity contribution in [3.8, 4) is 0 Å². The number of esters is 1. The van der Waals surface area contributed by atoms with Gasteiger partial charge in [0, 0.05) is 6.42 Å². The Kier molecular flexibility index (Phi) is 6.65. The SMILES string of the molecule is CC(C)(C)COC(=O)[C@H](CCC(=O)O)NC(=O)C(F)(F)F. The zero-order valence-corrected chi connectivity index (χ0v) is 11.9. The van der Waals surface area contributed by atoms with E-state index in [1.807, 2.05) is 0 Å². The minimum absolute atomic E-state index is 0.0721. The summed E-state index contributed by atoms with van der Waals surface area (Å²) in [5.41, 5.74) is -0.416. The number of aliphatic carboxylic acids is 1. The maximum absolute atomic E-state index is 12.2. The van der Waals surface area contributed by atoms with Gasteiger partial charge in [0.15, 0.2) is 0 Å². The van der Waals surface area contributed by atoms with Gasteiger partial charge in [-0.15, -0.1) is 0 Å². The highest BCUT2D eigenvalue weighted by molar-refractivity contribution is 5.87. The Hall–Kier alpha value is -1.80. The number of carboxylic acids is 1. The third kappa shape index (κ3) is 8.87. The summed E-state index contributed by atoms with van der Waals surface area (Å²) in [4.78, 5) is 32.9. The highest BCUT2D eigenvalue weighted by Crippen LogP contribution is 2.17. The molecular weight excluding hydrogens is 295 g/mol. The number of hydrogen-bond acceptors (Lipinski definition) is 4. The van der Waals surface area contributed by atoms with Gasteiger partial charge >= 0.3 is 24.0 Å². The zero-order valence-electron chi connectivity index (χ0n) is 11.9. The van der Waals surface area contributed by atoms with E-state index in [0.717, 1.165) is 0 Å². The van der Waals surface area contributed by atoms with E-state index in [2.05, 4.69) is 0 Å². The molecule has 21 heavy (non-hydrogen) atoms. The number of ether oxygens (including phenoxy) is 1. The predicted octanol–water partition coefficient (Wildman–Crippen LogP) is 1.49. The molecule has 0 aliphatic carbocycles. The molecule has 0 spiro atoms. The highest BCUT2D eigenvalue weighted by atomic mass is 19.4. The lowest BCUT2D eigenvalue weighted by Crippen LogP contribution is -2.48. The van der Waals surface area contributed by atoms with Crippen LogP contribution in [0.4, 0.5) is 13.2 Å². The molecular formula is C12H18F3NO5. The van der Waals surface area contributed by atoms with E-state index in [1.54, 1.807) is 20.8 Å². The number of carbonyl (C=O) groups excluding carboxylic acids is 2. The Bertz CT molecular complexity index is 401. The molecule has 122 valence electrons. The monoisotopic (exact) mass is 313 g/mol. The van der Waals surface area contributed by atoms with Crippen LogP contribution < -0.4 is 5.32 Å². The molecule has 0 saturated carbocycles. The Labute approximate surface area is 119 Å². The molecule has 9 heteroatoms. The van der Waals surface area contributed by atoms with Crippen molar-refractivity contribution in [3.63, 3.8) is 0 Å². The third-order valence-electron chi connectivity index (χ3n) is 2.14. The van der Waals surface area contributed by atoms with Crippen LogP contribution in [0.2, 0.25) is 0 Å². The summed E-state index contributed by atoms with van der Waals surface area (Å²) in [5, 5.41) is 9.96. The number of amides is 1. The summed E-state index contributed by atoms with van der Waals surface area (Å²) in [5.74, 6) is -4.71. The van der Waals surface area contributed by atoms with Gasteiger partial charge in [0.2, 0.25) is 0 Å². The quantitative estimate of drug-likeness (QED) is 0.725. The molecule has 0 aromatic carbocycles. The number of rotatable bonds is 6. The standard InChI is InChI=1S/C12H18F3NO5/c1-11(2,3)6-21-9(19)7(4-5-8(17)18)16-10(20)12(13,14)15/h7H,4-6H2,1-3H3,(H,16,20)(H,17,18)/t7-/m0/s1. The topological polar surface area (TPSA) is 92.7 Å². The van der Waals surface area contributed by atoms with Gasteiger partial charge in [0.05, 0.1) is 6.61 Å². The number of halogens is 3. The van der Waals surface area contributed by atoms with Crippen molar-refractivity contribution in [2.75, 3.05) is 6.61 Å². The van der Waals surface area contributed by atoms with Gasteiger partial charge in [-0.1, -0.05) is 20.8 Å². The van der Waals surface area contributed by atoms with Crippen molar-refractivity contribution in [2.45, 2.75) is 45.8 Å². The van der Waals surface area contributed by atoms with E-state index in [0.29, 0.717) is 0 Å². The summed E-state index contributed by atoms with van der Waals surface area (Å²) in [6, 6.07) is -1.66. The molecule has 6 nitrogen and oxygen atoms in total. The Balaban J connectivity index is 4.76. The molecule has 0 rings (SSSR count). The van der Waals surface area contributed by atoms with Crippen LogP contribution in [-0.4, -0.2) is 41.8 Å². The van der Waals surface area contributed by atoms with Crippen LogP contribution in [0, 0.1) is 5.41 Å². The molecule has 0 aromatic rings. The van der Waals surface area contributed by atoms with E-state index in [4.69, 9.17) is 9.84 Å². The van der Waals surface area contributed by atoms with Crippen LogP contribution in [0.5, 0.6) is 0 Å². The fraction of sp³-hybridized carbons (Fsp3) is 0.750. The minimum Gasteiger partial charge on any atom is -0.481 e. The van der Waals surface area contributed by atoms with E-state index in [1.165, 1.54) is 5.32 Å². The smallest absolute Gasteiger partial charge is 0.471 e. The van der Waals surface area contributed by atoms with E-state index < -0.39 is 48.3 Å². The zero-order chi connectivity index (χ0) is 16.8. The van der Waals surface area contributed by atoms with Crippen LogP contribution in [0.3, 0.4) is 0 Å². The maximum Gasteiger partial charge on any atom is 0.471 e. The van der Waals surface area contributed by atoms with Crippen molar-refractivity contribution < 1.29 is 37.4 Å².